The highest BCUT2D eigenvalue weighted by Gasteiger charge is 2.27. The highest BCUT2D eigenvalue weighted by molar-refractivity contribution is 7.20. The van der Waals surface area contributed by atoms with E-state index >= 15 is 0 Å². The minimum atomic E-state index is 0.798. The monoisotopic (exact) mass is 570 g/mol. The number of benzene rings is 6. The predicted molar refractivity (Wildman–Crippen MR) is 182 cm³/mol. The summed E-state index contributed by atoms with van der Waals surface area (Å²) in [5.41, 5.74) is 8.73. The molecule has 4 heteroatoms. The van der Waals surface area contributed by atoms with Gasteiger partial charge in [-0.15, -0.1) is 11.3 Å². The molecule has 0 unspecified atom stereocenters. The predicted octanol–water partition coefficient (Wildman–Crippen LogP) is 10.9. The zero-order valence-corrected chi connectivity index (χ0v) is 24.1. The Kier molecular flexibility index (Phi) is 5.43. The first-order chi connectivity index (χ1) is 21.3. The fraction of sp³-hybridized carbons (Fsp3) is 0.0256. The van der Waals surface area contributed by atoms with Crippen LogP contribution < -0.4 is 10.2 Å². The summed E-state index contributed by atoms with van der Waals surface area (Å²) in [6, 6.07) is 47.5. The molecule has 1 N–H and O–H groups in total. The third-order valence-electron chi connectivity index (χ3n) is 8.51. The van der Waals surface area contributed by atoms with Crippen molar-refractivity contribution in [3.63, 3.8) is 0 Å². The van der Waals surface area contributed by atoms with Gasteiger partial charge in [-0.3, -0.25) is 0 Å². The van der Waals surface area contributed by atoms with Crippen LogP contribution >= 0.6 is 11.3 Å². The molecule has 0 radical (unpaired) electrons. The average Bonchev–Trinajstić information content (AvgIpc) is 3.63. The van der Waals surface area contributed by atoms with Gasteiger partial charge in [0.1, 0.15) is 5.58 Å². The SMILES string of the molecule is C1=C(N(c2ccc(-c3ccccc3)cc2)c2cccc3c2oc2ccccc23)c2sc3cc4ccccc4cc3c2CN1. The van der Waals surface area contributed by atoms with Gasteiger partial charge in [0, 0.05) is 33.9 Å². The Morgan fingerprint density at radius 2 is 1.35 bits per heavy atom. The van der Waals surface area contributed by atoms with E-state index in [4.69, 9.17) is 4.42 Å². The summed E-state index contributed by atoms with van der Waals surface area (Å²) in [6.07, 6.45) is 2.17. The summed E-state index contributed by atoms with van der Waals surface area (Å²) in [6.45, 7) is 0.798. The summed E-state index contributed by atoms with van der Waals surface area (Å²) in [5.74, 6) is 0. The van der Waals surface area contributed by atoms with Gasteiger partial charge in [0.15, 0.2) is 5.58 Å². The molecule has 3 nitrogen and oxygen atoms in total. The summed E-state index contributed by atoms with van der Waals surface area (Å²) in [4.78, 5) is 3.64. The van der Waals surface area contributed by atoms with Gasteiger partial charge in [-0.2, -0.15) is 0 Å². The molecule has 6 aromatic carbocycles. The lowest BCUT2D eigenvalue weighted by Crippen LogP contribution is -2.22. The van der Waals surface area contributed by atoms with E-state index in [-0.39, 0.29) is 0 Å². The van der Waals surface area contributed by atoms with Crippen molar-refractivity contribution in [1.82, 2.24) is 5.32 Å². The molecular weight excluding hydrogens is 545 g/mol. The molecule has 0 spiro atoms. The number of nitrogens with zero attached hydrogens (tertiary/aromatic N) is 1. The normalized spacial score (nSPS) is 12.9. The van der Waals surface area contributed by atoms with Gasteiger partial charge in [0.2, 0.25) is 0 Å². The second kappa shape index (κ2) is 9.62. The van der Waals surface area contributed by atoms with Crippen LogP contribution in [0.2, 0.25) is 0 Å². The van der Waals surface area contributed by atoms with Crippen LogP contribution in [0.15, 0.2) is 144 Å². The zero-order chi connectivity index (χ0) is 28.3. The second-order valence-electron chi connectivity index (χ2n) is 11.0. The van der Waals surface area contributed by atoms with Crippen molar-refractivity contribution in [2.45, 2.75) is 6.54 Å². The topological polar surface area (TPSA) is 28.4 Å². The standard InChI is InChI=1S/C39H26N2OS/c1-2-9-25(10-3-1)26-17-19-29(20-18-26)41(34-15-8-14-31-30-13-6-7-16-36(30)42-38(31)34)35-24-40-23-33-32-21-27-11-4-5-12-28(27)22-37(32)43-39(33)35/h1-22,24,40H,23H2. The smallest absolute Gasteiger partial charge is 0.159 e. The molecule has 204 valence electrons. The number of fused-ring (bicyclic) bond motifs is 7. The largest absolute Gasteiger partial charge is 0.454 e. The number of anilines is 2. The van der Waals surface area contributed by atoms with Gasteiger partial charge in [-0.1, -0.05) is 97.1 Å². The van der Waals surface area contributed by atoms with Crippen molar-refractivity contribution >= 4 is 71.2 Å². The summed E-state index contributed by atoms with van der Waals surface area (Å²) < 4.78 is 7.89. The van der Waals surface area contributed by atoms with Crippen LogP contribution in [0.3, 0.4) is 0 Å². The van der Waals surface area contributed by atoms with E-state index in [2.05, 4.69) is 138 Å². The Morgan fingerprint density at radius 3 is 2.21 bits per heavy atom. The van der Waals surface area contributed by atoms with Gasteiger partial charge in [-0.25, -0.2) is 0 Å². The number of para-hydroxylation sites is 2. The molecule has 1 aliphatic heterocycles. The molecule has 1 aliphatic rings. The maximum atomic E-state index is 6.58. The molecule has 0 saturated carbocycles. The third-order valence-corrected chi connectivity index (χ3v) is 9.72. The zero-order valence-electron chi connectivity index (χ0n) is 23.2. The van der Waals surface area contributed by atoms with Crippen LogP contribution in [0.25, 0.3) is 59.6 Å². The highest BCUT2D eigenvalue weighted by Crippen LogP contribution is 2.47. The molecule has 0 atom stereocenters. The second-order valence-corrected chi connectivity index (χ2v) is 12.1. The van der Waals surface area contributed by atoms with E-state index < -0.39 is 0 Å². The summed E-state index contributed by atoms with van der Waals surface area (Å²) >= 11 is 1.87. The molecule has 2 aromatic heterocycles. The van der Waals surface area contributed by atoms with E-state index in [1.807, 2.05) is 23.5 Å². The molecule has 9 rings (SSSR count). The van der Waals surface area contributed by atoms with Crippen LogP contribution in [0.1, 0.15) is 10.4 Å². The molecule has 8 aromatic rings. The van der Waals surface area contributed by atoms with Gasteiger partial charge < -0.3 is 14.6 Å². The fourth-order valence-electron chi connectivity index (χ4n) is 6.45. The molecule has 0 bridgehead atoms. The Hall–Kier alpha value is -5.32. The van der Waals surface area contributed by atoms with E-state index in [0.29, 0.717) is 0 Å². The van der Waals surface area contributed by atoms with E-state index in [9.17, 15) is 0 Å². The van der Waals surface area contributed by atoms with Gasteiger partial charge >= 0.3 is 0 Å². The van der Waals surface area contributed by atoms with Crippen LogP contribution in [-0.2, 0) is 6.54 Å². The van der Waals surface area contributed by atoms with E-state index in [0.717, 1.165) is 45.6 Å². The first kappa shape index (κ1) is 24.3. The highest BCUT2D eigenvalue weighted by atomic mass is 32.1. The molecule has 0 saturated heterocycles. The number of rotatable bonds is 4. The Morgan fingerprint density at radius 1 is 0.628 bits per heavy atom. The van der Waals surface area contributed by atoms with Gasteiger partial charge in [-0.05, 0) is 69.2 Å². The van der Waals surface area contributed by atoms with Crippen molar-refractivity contribution in [2.75, 3.05) is 4.90 Å². The number of hydrogen-bond donors (Lipinski definition) is 1. The first-order valence-electron chi connectivity index (χ1n) is 14.6. The summed E-state index contributed by atoms with van der Waals surface area (Å²) in [7, 11) is 0. The molecule has 0 fully saturated rings. The van der Waals surface area contributed by atoms with Crippen LogP contribution in [0.5, 0.6) is 0 Å². The lowest BCUT2D eigenvalue weighted by atomic mass is 10.0. The molecule has 3 heterocycles. The van der Waals surface area contributed by atoms with E-state index in [1.165, 1.54) is 42.4 Å². The van der Waals surface area contributed by atoms with Gasteiger partial charge in [0.05, 0.1) is 16.3 Å². The lowest BCUT2D eigenvalue weighted by molar-refractivity contribution is 0.669. The maximum Gasteiger partial charge on any atom is 0.159 e. The minimum absolute atomic E-state index is 0.798. The van der Waals surface area contributed by atoms with Crippen LogP contribution in [-0.4, -0.2) is 0 Å². The first-order valence-corrected chi connectivity index (χ1v) is 15.4. The average molecular weight is 571 g/mol. The minimum Gasteiger partial charge on any atom is -0.454 e. The molecule has 0 amide bonds. The Bertz CT molecular complexity index is 2350. The fourth-order valence-corrected chi connectivity index (χ4v) is 7.71. The van der Waals surface area contributed by atoms with Crippen molar-refractivity contribution in [2.24, 2.45) is 0 Å². The third kappa shape index (κ3) is 3.88. The molecule has 43 heavy (non-hydrogen) atoms. The van der Waals surface area contributed by atoms with Crippen molar-refractivity contribution in [3.05, 3.63) is 150 Å². The Balaban J connectivity index is 1.27. The van der Waals surface area contributed by atoms with Crippen molar-refractivity contribution < 1.29 is 4.42 Å². The number of thiophene rings is 1. The number of furan rings is 1. The quantitative estimate of drug-likeness (QED) is 0.228. The number of hydrogen-bond acceptors (Lipinski definition) is 4. The Labute approximate surface area is 252 Å². The summed E-state index contributed by atoms with van der Waals surface area (Å²) in [5, 5.41) is 9.73. The van der Waals surface area contributed by atoms with Crippen LogP contribution in [0, 0.1) is 0 Å². The van der Waals surface area contributed by atoms with E-state index in [1.54, 1.807) is 0 Å². The maximum absolute atomic E-state index is 6.58. The number of nitrogens with one attached hydrogen (secondary N) is 1. The molecular formula is C39H26N2OS. The van der Waals surface area contributed by atoms with Crippen molar-refractivity contribution in [3.8, 4) is 11.1 Å². The molecule has 0 aliphatic carbocycles. The lowest BCUT2D eigenvalue weighted by Gasteiger charge is -2.30. The van der Waals surface area contributed by atoms with Gasteiger partial charge in [0.25, 0.3) is 0 Å². The van der Waals surface area contributed by atoms with Crippen molar-refractivity contribution in [1.29, 1.82) is 0 Å². The van der Waals surface area contributed by atoms with Crippen LogP contribution in [0.4, 0.5) is 11.4 Å².